The summed E-state index contributed by atoms with van der Waals surface area (Å²) in [5.74, 6) is -0.622. The molecule has 1 aliphatic carbocycles. The summed E-state index contributed by atoms with van der Waals surface area (Å²) in [4.78, 5) is 11.7. The largest absolute Gasteiger partial charge is 0.573 e. The van der Waals surface area contributed by atoms with E-state index in [1.54, 1.807) is 13.0 Å². The Morgan fingerprint density at radius 2 is 2.14 bits per heavy atom. The van der Waals surface area contributed by atoms with Crippen LogP contribution in [-0.2, 0) is 9.53 Å². The fraction of sp³-hybridized carbons (Fsp3) is 0.438. The molecule has 22 heavy (non-hydrogen) atoms. The third-order valence-electron chi connectivity index (χ3n) is 3.47. The van der Waals surface area contributed by atoms with E-state index in [9.17, 15) is 18.0 Å². The van der Waals surface area contributed by atoms with Crippen LogP contribution in [0.15, 0.2) is 30.3 Å². The molecule has 1 atom stereocenters. The van der Waals surface area contributed by atoms with Gasteiger partial charge in [0.1, 0.15) is 5.75 Å². The highest BCUT2D eigenvalue weighted by Crippen LogP contribution is 2.33. The fourth-order valence-corrected chi connectivity index (χ4v) is 2.46. The zero-order valence-corrected chi connectivity index (χ0v) is 12.2. The van der Waals surface area contributed by atoms with Crippen LogP contribution < -0.4 is 4.74 Å². The van der Waals surface area contributed by atoms with Crippen LogP contribution >= 0.6 is 0 Å². The molecule has 1 aromatic rings. The monoisotopic (exact) mass is 314 g/mol. The molecule has 0 aromatic heterocycles. The topological polar surface area (TPSA) is 35.5 Å². The van der Waals surface area contributed by atoms with Crippen LogP contribution in [0.5, 0.6) is 5.75 Å². The minimum absolute atomic E-state index is 0.168. The minimum Gasteiger partial charge on any atom is -0.466 e. The number of rotatable bonds is 4. The molecule has 0 aliphatic heterocycles. The summed E-state index contributed by atoms with van der Waals surface area (Å²) in [5.41, 5.74) is 1.61. The molecule has 0 amide bonds. The van der Waals surface area contributed by atoms with Crippen LogP contribution in [0.2, 0.25) is 0 Å². The van der Waals surface area contributed by atoms with Crippen LogP contribution in [0, 0.1) is 5.92 Å². The molecule has 1 aliphatic rings. The Morgan fingerprint density at radius 3 is 2.73 bits per heavy atom. The second kappa shape index (κ2) is 6.85. The maximum Gasteiger partial charge on any atom is 0.573 e. The lowest BCUT2D eigenvalue weighted by Gasteiger charge is -2.21. The summed E-state index contributed by atoms with van der Waals surface area (Å²) in [6.07, 6.45) is -1.02. The van der Waals surface area contributed by atoms with Crippen LogP contribution in [0.4, 0.5) is 13.2 Å². The van der Waals surface area contributed by atoms with Crippen molar-refractivity contribution < 1.29 is 27.4 Å². The van der Waals surface area contributed by atoms with Crippen LogP contribution in [0.1, 0.15) is 31.7 Å². The molecule has 0 fully saturated rings. The number of ether oxygens (including phenoxy) is 2. The number of benzene rings is 1. The SMILES string of the molecule is CCOC(=O)[C@@H]1CC=C(c2cccc(OC(F)(F)F)c2)CC1. The number of hydrogen-bond acceptors (Lipinski definition) is 3. The van der Waals surface area contributed by atoms with Gasteiger partial charge in [-0.3, -0.25) is 4.79 Å². The van der Waals surface area contributed by atoms with Crippen molar-refractivity contribution in [1.29, 1.82) is 0 Å². The number of carbonyl (C=O) groups excluding carboxylic acids is 1. The van der Waals surface area contributed by atoms with E-state index in [4.69, 9.17) is 4.74 Å². The van der Waals surface area contributed by atoms with E-state index in [1.807, 2.05) is 6.08 Å². The Hall–Kier alpha value is -1.98. The smallest absolute Gasteiger partial charge is 0.466 e. The van der Waals surface area contributed by atoms with Gasteiger partial charge < -0.3 is 9.47 Å². The van der Waals surface area contributed by atoms with Gasteiger partial charge in [0.15, 0.2) is 0 Å². The maximum absolute atomic E-state index is 12.2. The molecule has 0 N–H and O–H groups in total. The van der Waals surface area contributed by atoms with E-state index >= 15 is 0 Å². The van der Waals surface area contributed by atoms with Crippen molar-refractivity contribution in [2.24, 2.45) is 5.92 Å². The number of alkyl halides is 3. The van der Waals surface area contributed by atoms with Gasteiger partial charge in [0.05, 0.1) is 12.5 Å². The summed E-state index contributed by atoms with van der Waals surface area (Å²) in [7, 11) is 0. The van der Waals surface area contributed by atoms with Crippen molar-refractivity contribution in [1.82, 2.24) is 0 Å². The van der Waals surface area contributed by atoms with Crippen LogP contribution in [0.25, 0.3) is 5.57 Å². The van der Waals surface area contributed by atoms with Gasteiger partial charge in [0.2, 0.25) is 0 Å². The van der Waals surface area contributed by atoms with Gasteiger partial charge in [0.25, 0.3) is 0 Å². The Labute approximate surface area is 126 Å². The van der Waals surface area contributed by atoms with E-state index in [0.717, 1.165) is 5.57 Å². The molecule has 0 unspecified atom stereocenters. The molecule has 0 bridgehead atoms. The molecular weight excluding hydrogens is 297 g/mol. The highest BCUT2D eigenvalue weighted by molar-refractivity contribution is 5.75. The molecule has 0 spiro atoms. The zero-order chi connectivity index (χ0) is 16.2. The molecule has 0 heterocycles. The van der Waals surface area contributed by atoms with Crippen molar-refractivity contribution in [3.63, 3.8) is 0 Å². The first kappa shape index (κ1) is 16.4. The van der Waals surface area contributed by atoms with E-state index < -0.39 is 6.36 Å². The van der Waals surface area contributed by atoms with Gasteiger partial charge >= 0.3 is 12.3 Å². The third-order valence-corrected chi connectivity index (χ3v) is 3.47. The van der Waals surface area contributed by atoms with Gasteiger partial charge in [-0.25, -0.2) is 0 Å². The fourth-order valence-electron chi connectivity index (χ4n) is 2.46. The molecule has 2 rings (SSSR count). The van der Waals surface area contributed by atoms with E-state index in [1.165, 1.54) is 18.2 Å². The summed E-state index contributed by atoms with van der Waals surface area (Å²) in [5, 5.41) is 0. The number of esters is 1. The minimum atomic E-state index is -4.70. The Kier molecular flexibility index (Phi) is 5.11. The van der Waals surface area contributed by atoms with Crippen LogP contribution in [0.3, 0.4) is 0 Å². The molecule has 1 aromatic carbocycles. The predicted molar refractivity (Wildman–Crippen MR) is 75.1 cm³/mol. The van der Waals surface area contributed by atoms with Crippen molar-refractivity contribution in [3.8, 4) is 5.75 Å². The summed E-state index contributed by atoms with van der Waals surface area (Å²) in [6, 6.07) is 5.89. The highest BCUT2D eigenvalue weighted by Gasteiger charge is 2.31. The second-order valence-electron chi connectivity index (χ2n) is 5.03. The Morgan fingerprint density at radius 1 is 1.36 bits per heavy atom. The highest BCUT2D eigenvalue weighted by atomic mass is 19.4. The molecule has 120 valence electrons. The van der Waals surface area contributed by atoms with Gasteiger partial charge in [-0.15, -0.1) is 13.2 Å². The number of allylic oxidation sites excluding steroid dienone is 2. The quantitative estimate of drug-likeness (QED) is 0.776. The van der Waals surface area contributed by atoms with Gasteiger partial charge in [-0.1, -0.05) is 18.2 Å². The lowest BCUT2D eigenvalue weighted by Crippen LogP contribution is -2.19. The molecule has 3 nitrogen and oxygen atoms in total. The lowest BCUT2D eigenvalue weighted by molar-refractivity contribution is -0.274. The average molecular weight is 314 g/mol. The average Bonchev–Trinajstić information content (AvgIpc) is 2.46. The van der Waals surface area contributed by atoms with Gasteiger partial charge in [-0.2, -0.15) is 0 Å². The number of hydrogen-bond donors (Lipinski definition) is 0. The molecular formula is C16H17F3O3. The van der Waals surface area contributed by atoms with Gasteiger partial charge in [-0.05, 0) is 49.5 Å². The predicted octanol–water partition coefficient (Wildman–Crippen LogP) is 4.33. The Balaban J connectivity index is 2.07. The summed E-state index contributed by atoms with van der Waals surface area (Å²) >= 11 is 0. The van der Waals surface area contributed by atoms with Crippen molar-refractivity contribution in [2.45, 2.75) is 32.5 Å². The van der Waals surface area contributed by atoms with Crippen molar-refractivity contribution in [3.05, 3.63) is 35.9 Å². The Bertz CT molecular complexity index is 564. The van der Waals surface area contributed by atoms with E-state index in [0.29, 0.717) is 31.4 Å². The van der Waals surface area contributed by atoms with Crippen LogP contribution in [-0.4, -0.2) is 18.9 Å². The second-order valence-corrected chi connectivity index (χ2v) is 5.03. The number of carbonyl (C=O) groups is 1. The van der Waals surface area contributed by atoms with Crippen molar-refractivity contribution in [2.75, 3.05) is 6.61 Å². The third kappa shape index (κ3) is 4.51. The zero-order valence-electron chi connectivity index (χ0n) is 12.2. The van der Waals surface area contributed by atoms with Crippen molar-refractivity contribution >= 4 is 11.5 Å². The summed E-state index contributed by atoms with van der Waals surface area (Å²) < 4.78 is 45.6. The molecule has 0 saturated heterocycles. The maximum atomic E-state index is 12.2. The normalized spacial score (nSPS) is 18.5. The molecule has 0 radical (unpaired) electrons. The van der Waals surface area contributed by atoms with E-state index in [-0.39, 0.29) is 17.6 Å². The molecule has 6 heteroatoms. The standard InChI is InChI=1S/C16H17F3O3/c1-2-21-15(20)12-8-6-11(7-9-12)13-4-3-5-14(10-13)22-16(17,18)19/h3-6,10,12H,2,7-9H2,1H3/t12-/m1/s1. The first-order valence-corrected chi connectivity index (χ1v) is 7.11. The molecule has 0 saturated carbocycles. The van der Waals surface area contributed by atoms with Gasteiger partial charge in [0, 0.05) is 0 Å². The van der Waals surface area contributed by atoms with E-state index in [2.05, 4.69) is 4.74 Å². The first-order valence-electron chi connectivity index (χ1n) is 7.11. The lowest BCUT2D eigenvalue weighted by atomic mass is 9.86. The first-order chi connectivity index (χ1) is 10.4. The summed E-state index contributed by atoms with van der Waals surface area (Å²) in [6.45, 7) is 2.11. The number of halogens is 3.